The first-order valence-corrected chi connectivity index (χ1v) is 6.87. The molecule has 2 rings (SSSR count). The molecule has 1 aromatic carbocycles. The second-order valence-electron chi connectivity index (χ2n) is 4.29. The van der Waals surface area contributed by atoms with E-state index in [9.17, 15) is 9.18 Å². The first-order chi connectivity index (χ1) is 8.22. The molecule has 1 aliphatic carbocycles. The van der Waals surface area contributed by atoms with Crippen molar-refractivity contribution in [3.8, 4) is 0 Å². The molecule has 1 saturated carbocycles. The molecule has 0 aliphatic heterocycles. The zero-order valence-electron chi connectivity index (χ0n) is 9.70. The number of isocyanates is 1. The Kier molecular flexibility index (Phi) is 3.65. The minimum absolute atomic E-state index is 0.234. The summed E-state index contributed by atoms with van der Waals surface area (Å²) >= 11 is 1.38. The van der Waals surface area contributed by atoms with Crippen LogP contribution >= 0.6 is 11.8 Å². The van der Waals surface area contributed by atoms with Crippen molar-refractivity contribution in [2.24, 2.45) is 4.99 Å². The average Bonchev–Trinajstić information content (AvgIpc) is 2.79. The largest absolute Gasteiger partial charge is 0.235 e. The second-order valence-corrected chi connectivity index (χ2v) is 5.14. The maximum Gasteiger partial charge on any atom is 0.235 e. The van der Waals surface area contributed by atoms with Gasteiger partial charge in [0.15, 0.2) is 0 Å². The van der Waals surface area contributed by atoms with Crippen LogP contribution < -0.4 is 0 Å². The molecule has 1 aromatic rings. The predicted octanol–water partition coefficient (Wildman–Crippen LogP) is 3.65. The van der Waals surface area contributed by atoms with E-state index in [1.54, 1.807) is 12.1 Å². The number of aliphatic imine (C=N–C) groups is 1. The lowest BCUT2D eigenvalue weighted by atomic mass is 9.89. The van der Waals surface area contributed by atoms with Crippen LogP contribution in [0, 0.1) is 5.82 Å². The molecule has 1 fully saturated rings. The Morgan fingerprint density at radius 3 is 2.65 bits per heavy atom. The van der Waals surface area contributed by atoms with E-state index < -0.39 is 5.54 Å². The van der Waals surface area contributed by atoms with Crippen LogP contribution in [0.5, 0.6) is 0 Å². The van der Waals surface area contributed by atoms with Gasteiger partial charge in [0, 0.05) is 4.90 Å². The number of hydrogen-bond acceptors (Lipinski definition) is 3. The van der Waals surface area contributed by atoms with Crippen LogP contribution in [0.25, 0.3) is 0 Å². The highest BCUT2D eigenvalue weighted by atomic mass is 32.2. The Balaban J connectivity index is 2.44. The Morgan fingerprint density at radius 1 is 1.41 bits per heavy atom. The van der Waals surface area contributed by atoms with Gasteiger partial charge in [0.05, 0.1) is 5.54 Å². The van der Waals surface area contributed by atoms with Crippen LogP contribution in [0.3, 0.4) is 0 Å². The second kappa shape index (κ2) is 5.03. The molecule has 0 aromatic heterocycles. The summed E-state index contributed by atoms with van der Waals surface area (Å²) in [4.78, 5) is 15.1. The summed E-state index contributed by atoms with van der Waals surface area (Å²) < 4.78 is 13.8. The van der Waals surface area contributed by atoms with Gasteiger partial charge in [-0.1, -0.05) is 18.9 Å². The zero-order valence-corrected chi connectivity index (χ0v) is 10.5. The smallest absolute Gasteiger partial charge is 0.211 e. The van der Waals surface area contributed by atoms with Crippen LogP contribution in [0.15, 0.2) is 28.1 Å². The maximum atomic E-state index is 13.8. The van der Waals surface area contributed by atoms with E-state index in [0.29, 0.717) is 4.90 Å². The molecule has 0 spiro atoms. The van der Waals surface area contributed by atoms with E-state index in [1.165, 1.54) is 17.8 Å². The van der Waals surface area contributed by atoms with Crippen LogP contribution in [0.4, 0.5) is 4.39 Å². The quantitative estimate of drug-likeness (QED) is 0.466. The van der Waals surface area contributed by atoms with E-state index in [2.05, 4.69) is 4.99 Å². The van der Waals surface area contributed by atoms with Gasteiger partial charge in [-0.15, -0.1) is 11.8 Å². The molecular weight excluding hydrogens is 237 g/mol. The monoisotopic (exact) mass is 251 g/mol. The minimum atomic E-state index is -0.528. The van der Waals surface area contributed by atoms with Gasteiger partial charge in [0.2, 0.25) is 6.08 Å². The molecule has 0 bridgehead atoms. The fourth-order valence-corrected chi connectivity index (χ4v) is 2.93. The molecule has 0 radical (unpaired) electrons. The third-order valence-corrected chi connectivity index (χ3v) is 4.15. The summed E-state index contributed by atoms with van der Waals surface area (Å²) in [5, 5.41) is 0. The first-order valence-electron chi connectivity index (χ1n) is 5.65. The van der Waals surface area contributed by atoms with Gasteiger partial charge >= 0.3 is 0 Å². The van der Waals surface area contributed by atoms with Crippen molar-refractivity contribution < 1.29 is 9.18 Å². The number of nitrogens with zero attached hydrogens (tertiary/aromatic N) is 1. The van der Waals surface area contributed by atoms with Gasteiger partial charge in [0.1, 0.15) is 5.82 Å². The lowest BCUT2D eigenvalue weighted by Crippen LogP contribution is -2.19. The van der Waals surface area contributed by atoms with Crippen molar-refractivity contribution in [2.75, 3.05) is 6.26 Å². The number of hydrogen-bond donors (Lipinski definition) is 0. The normalized spacial score (nSPS) is 17.8. The summed E-state index contributed by atoms with van der Waals surface area (Å²) in [7, 11) is 0. The Labute approximate surface area is 104 Å². The predicted molar refractivity (Wildman–Crippen MR) is 66.4 cm³/mol. The van der Waals surface area contributed by atoms with Crippen molar-refractivity contribution in [2.45, 2.75) is 36.1 Å². The lowest BCUT2D eigenvalue weighted by molar-refractivity contribution is 0.451. The van der Waals surface area contributed by atoms with E-state index >= 15 is 0 Å². The molecule has 0 heterocycles. The van der Waals surface area contributed by atoms with Gasteiger partial charge in [-0.2, -0.15) is 4.99 Å². The van der Waals surface area contributed by atoms with Crippen molar-refractivity contribution in [1.29, 1.82) is 0 Å². The first kappa shape index (κ1) is 12.3. The molecule has 4 heteroatoms. The SMILES string of the molecule is CSc1ccc(C2(N=C=O)CCCC2)cc1F. The van der Waals surface area contributed by atoms with Crippen LogP contribution in [-0.4, -0.2) is 12.3 Å². The average molecular weight is 251 g/mol. The summed E-state index contributed by atoms with van der Waals surface area (Å²) in [6.45, 7) is 0. The van der Waals surface area contributed by atoms with Crippen molar-refractivity contribution in [3.63, 3.8) is 0 Å². The van der Waals surface area contributed by atoms with E-state index in [4.69, 9.17) is 0 Å². The van der Waals surface area contributed by atoms with Gasteiger partial charge in [0.25, 0.3) is 0 Å². The van der Waals surface area contributed by atoms with E-state index in [1.807, 2.05) is 12.3 Å². The van der Waals surface area contributed by atoms with Gasteiger partial charge < -0.3 is 0 Å². The van der Waals surface area contributed by atoms with Crippen molar-refractivity contribution in [1.82, 2.24) is 0 Å². The summed E-state index contributed by atoms with van der Waals surface area (Å²) in [6.07, 6.45) is 7.15. The van der Waals surface area contributed by atoms with Crippen LogP contribution in [0.2, 0.25) is 0 Å². The fourth-order valence-electron chi connectivity index (χ4n) is 2.47. The topological polar surface area (TPSA) is 29.4 Å². The summed E-state index contributed by atoms with van der Waals surface area (Å²) in [6, 6.07) is 5.15. The number of carbonyl (C=O) groups excluding carboxylic acids is 1. The summed E-state index contributed by atoms with van der Waals surface area (Å²) in [5.41, 5.74) is 0.271. The molecule has 0 amide bonds. The molecule has 0 atom stereocenters. The molecule has 1 aliphatic rings. The molecule has 17 heavy (non-hydrogen) atoms. The Morgan fingerprint density at radius 2 is 2.12 bits per heavy atom. The van der Waals surface area contributed by atoms with E-state index in [0.717, 1.165) is 31.2 Å². The Bertz CT molecular complexity index is 462. The number of thioether (sulfide) groups is 1. The maximum absolute atomic E-state index is 13.8. The van der Waals surface area contributed by atoms with Crippen LogP contribution in [-0.2, 0) is 10.3 Å². The van der Waals surface area contributed by atoms with Crippen LogP contribution in [0.1, 0.15) is 31.2 Å². The van der Waals surface area contributed by atoms with Crippen molar-refractivity contribution in [3.05, 3.63) is 29.6 Å². The highest BCUT2D eigenvalue weighted by molar-refractivity contribution is 7.98. The van der Waals surface area contributed by atoms with Gasteiger partial charge in [-0.25, -0.2) is 9.18 Å². The van der Waals surface area contributed by atoms with Gasteiger partial charge in [-0.05, 0) is 36.8 Å². The number of halogens is 1. The minimum Gasteiger partial charge on any atom is -0.211 e. The number of rotatable bonds is 3. The highest BCUT2D eigenvalue weighted by Crippen LogP contribution is 2.42. The lowest BCUT2D eigenvalue weighted by Gasteiger charge is -2.23. The molecule has 0 unspecified atom stereocenters. The molecule has 90 valence electrons. The molecule has 0 N–H and O–H groups in total. The molecule has 2 nitrogen and oxygen atoms in total. The summed E-state index contributed by atoms with van der Waals surface area (Å²) in [5.74, 6) is -0.234. The zero-order chi connectivity index (χ0) is 12.3. The van der Waals surface area contributed by atoms with Crippen molar-refractivity contribution >= 4 is 17.8 Å². The Hall–Kier alpha value is -1.12. The highest BCUT2D eigenvalue weighted by Gasteiger charge is 2.36. The molecular formula is C13H14FNOS. The third kappa shape index (κ3) is 2.28. The third-order valence-electron chi connectivity index (χ3n) is 3.38. The van der Waals surface area contributed by atoms with Gasteiger partial charge in [-0.3, -0.25) is 0 Å². The standard InChI is InChI=1S/C13H14FNOS/c1-17-12-5-4-10(8-11(12)14)13(15-9-16)6-2-3-7-13/h4-5,8H,2-3,6-7H2,1H3. The number of benzene rings is 1. The fraction of sp³-hybridized carbons (Fsp3) is 0.462. The molecule has 0 saturated heterocycles. The van der Waals surface area contributed by atoms with E-state index in [-0.39, 0.29) is 5.82 Å².